The second-order valence-electron chi connectivity index (χ2n) is 4.68. The first-order valence-corrected chi connectivity index (χ1v) is 6.29. The Kier molecular flexibility index (Phi) is 6.26. The van der Waals surface area contributed by atoms with Gasteiger partial charge in [0.2, 0.25) is 17.6 Å². The van der Waals surface area contributed by atoms with Crippen LogP contribution in [-0.4, -0.2) is 39.0 Å². The zero-order valence-electron chi connectivity index (χ0n) is 11.9. The average molecular weight is 312 g/mol. The van der Waals surface area contributed by atoms with E-state index in [-0.39, 0.29) is 30.9 Å². The quantitative estimate of drug-likeness (QED) is 0.892. The molecular formula is C13H18ClN5O2. The molecule has 2 heterocycles. The first kappa shape index (κ1) is 17.1. The Hall–Kier alpha value is -1.99. The molecule has 2 aromatic rings. The largest absolute Gasteiger partial charge is 0.337 e. The maximum Gasteiger partial charge on any atom is 0.246 e. The van der Waals surface area contributed by atoms with Crippen LogP contribution >= 0.6 is 12.4 Å². The SMILES string of the molecule is CC(N)CC(=O)N(C)Cc1nc(-c2cccnc2)no1.Cl. The number of halogens is 1. The Morgan fingerprint density at radius 1 is 1.52 bits per heavy atom. The number of hydrogen-bond donors (Lipinski definition) is 1. The highest BCUT2D eigenvalue weighted by Crippen LogP contribution is 2.14. The van der Waals surface area contributed by atoms with Crippen LogP contribution in [0.1, 0.15) is 19.2 Å². The molecule has 0 aromatic carbocycles. The van der Waals surface area contributed by atoms with Gasteiger partial charge < -0.3 is 15.2 Å². The van der Waals surface area contributed by atoms with Gasteiger partial charge in [0.1, 0.15) is 0 Å². The van der Waals surface area contributed by atoms with Crippen molar-refractivity contribution >= 4 is 18.3 Å². The van der Waals surface area contributed by atoms with E-state index >= 15 is 0 Å². The summed E-state index contributed by atoms with van der Waals surface area (Å²) < 4.78 is 5.13. The highest BCUT2D eigenvalue weighted by Gasteiger charge is 2.15. The molecule has 0 bridgehead atoms. The summed E-state index contributed by atoms with van der Waals surface area (Å²) in [6.07, 6.45) is 3.62. The van der Waals surface area contributed by atoms with E-state index in [2.05, 4.69) is 15.1 Å². The number of nitrogens with two attached hydrogens (primary N) is 1. The second-order valence-corrected chi connectivity index (χ2v) is 4.68. The van der Waals surface area contributed by atoms with Gasteiger partial charge in [-0.2, -0.15) is 4.98 Å². The van der Waals surface area contributed by atoms with Crippen molar-refractivity contribution in [3.05, 3.63) is 30.4 Å². The van der Waals surface area contributed by atoms with Crippen molar-refractivity contribution in [2.75, 3.05) is 7.05 Å². The Morgan fingerprint density at radius 2 is 2.29 bits per heavy atom. The molecule has 7 nitrogen and oxygen atoms in total. The molecule has 0 radical (unpaired) electrons. The Bertz CT molecular complexity index is 573. The predicted molar refractivity (Wildman–Crippen MR) is 79.5 cm³/mol. The lowest BCUT2D eigenvalue weighted by molar-refractivity contribution is -0.131. The van der Waals surface area contributed by atoms with Crippen molar-refractivity contribution in [2.24, 2.45) is 5.73 Å². The summed E-state index contributed by atoms with van der Waals surface area (Å²) in [5.41, 5.74) is 6.37. The zero-order chi connectivity index (χ0) is 14.5. The molecule has 1 unspecified atom stereocenters. The van der Waals surface area contributed by atoms with Crippen LogP contribution in [0.4, 0.5) is 0 Å². The molecule has 0 saturated carbocycles. The molecule has 0 aliphatic heterocycles. The molecule has 1 amide bonds. The number of carbonyl (C=O) groups excluding carboxylic acids is 1. The highest BCUT2D eigenvalue weighted by atomic mass is 35.5. The van der Waals surface area contributed by atoms with Gasteiger partial charge in [-0.25, -0.2) is 0 Å². The Balaban J connectivity index is 0.00000220. The van der Waals surface area contributed by atoms with Gasteiger partial charge in [-0.3, -0.25) is 9.78 Å². The molecule has 0 aliphatic carbocycles. The average Bonchev–Trinajstić information content (AvgIpc) is 2.87. The van der Waals surface area contributed by atoms with E-state index < -0.39 is 0 Å². The molecule has 0 fully saturated rings. The van der Waals surface area contributed by atoms with Crippen LogP contribution in [0.15, 0.2) is 29.0 Å². The van der Waals surface area contributed by atoms with Gasteiger partial charge in [0.25, 0.3) is 0 Å². The van der Waals surface area contributed by atoms with Gasteiger partial charge in [0.15, 0.2) is 0 Å². The van der Waals surface area contributed by atoms with Crippen LogP contribution in [0.5, 0.6) is 0 Å². The summed E-state index contributed by atoms with van der Waals surface area (Å²) in [7, 11) is 1.68. The molecule has 2 N–H and O–H groups in total. The van der Waals surface area contributed by atoms with E-state index in [1.165, 1.54) is 4.90 Å². The normalized spacial score (nSPS) is 11.6. The van der Waals surface area contributed by atoms with Gasteiger partial charge in [0.05, 0.1) is 6.54 Å². The van der Waals surface area contributed by atoms with Crippen LogP contribution in [0.2, 0.25) is 0 Å². The summed E-state index contributed by atoms with van der Waals surface area (Å²) in [4.78, 5) is 21.5. The number of hydrogen-bond acceptors (Lipinski definition) is 6. The van der Waals surface area contributed by atoms with E-state index in [1.807, 2.05) is 6.07 Å². The lowest BCUT2D eigenvalue weighted by atomic mass is 10.2. The minimum atomic E-state index is -0.168. The van der Waals surface area contributed by atoms with Crippen LogP contribution in [0, 0.1) is 0 Å². The summed E-state index contributed by atoms with van der Waals surface area (Å²) in [5.74, 6) is 0.784. The topological polar surface area (TPSA) is 98.1 Å². The van der Waals surface area contributed by atoms with Crippen LogP contribution in [0.25, 0.3) is 11.4 Å². The van der Waals surface area contributed by atoms with Crippen molar-refractivity contribution in [1.82, 2.24) is 20.0 Å². The van der Waals surface area contributed by atoms with Crippen LogP contribution in [0.3, 0.4) is 0 Å². The molecule has 21 heavy (non-hydrogen) atoms. The number of aromatic nitrogens is 3. The fraction of sp³-hybridized carbons (Fsp3) is 0.385. The van der Waals surface area contributed by atoms with Crippen molar-refractivity contribution < 1.29 is 9.32 Å². The van der Waals surface area contributed by atoms with Gasteiger partial charge >= 0.3 is 0 Å². The summed E-state index contributed by atoms with van der Waals surface area (Å²) in [6, 6.07) is 3.47. The fourth-order valence-electron chi connectivity index (χ4n) is 1.65. The first-order valence-electron chi connectivity index (χ1n) is 6.29. The molecule has 2 rings (SSSR count). The van der Waals surface area contributed by atoms with Crippen LogP contribution in [-0.2, 0) is 11.3 Å². The lowest BCUT2D eigenvalue weighted by Crippen LogP contribution is -2.31. The third-order valence-electron chi connectivity index (χ3n) is 2.68. The van der Waals surface area contributed by atoms with Crippen LogP contribution < -0.4 is 5.73 Å². The summed E-state index contributed by atoms with van der Waals surface area (Å²) in [6.45, 7) is 2.05. The minimum Gasteiger partial charge on any atom is -0.337 e. The molecule has 1 atom stereocenters. The number of pyridine rings is 1. The molecule has 0 spiro atoms. The molecule has 0 saturated heterocycles. The number of carbonyl (C=O) groups is 1. The summed E-state index contributed by atoms with van der Waals surface area (Å²) >= 11 is 0. The standard InChI is InChI=1S/C13H17N5O2.ClH/c1-9(14)6-12(19)18(2)8-11-16-13(17-20-11)10-4-3-5-15-7-10;/h3-5,7,9H,6,8,14H2,1-2H3;1H. The smallest absolute Gasteiger partial charge is 0.246 e. The molecule has 8 heteroatoms. The Morgan fingerprint density at radius 3 is 2.90 bits per heavy atom. The van der Waals surface area contributed by atoms with Crippen molar-refractivity contribution in [3.63, 3.8) is 0 Å². The van der Waals surface area contributed by atoms with Gasteiger partial charge in [0, 0.05) is 37.5 Å². The zero-order valence-corrected chi connectivity index (χ0v) is 12.7. The lowest BCUT2D eigenvalue weighted by Gasteiger charge is -2.15. The van der Waals surface area contributed by atoms with E-state index in [9.17, 15) is 4.79 Å². The fourth-order valence-corrected chi connectivity index (χ4v) is 1.65. The number of amides is 1. The highest BCUT2D eigenvalue weighted by molar-refractivity contribution is 5.85. The second kappa shape index (κ2) is 7.70. The van der Waals surface area contributed by atoms with Crippen molar-refractivity contribution in [1.29, 1.82) is 0 Å². The minimum absolute atomic E-state index is 0. The van der Waals surface area contributed by atoms with E-state index in [0.29, 0.717) is 18.1 Å². The van der Waals surface area contributed by atoms with Gasteiger partial charge in [-0.05, 0) is 19.1 Å². The first-order chi connectivity index (χ1) is 9.56. The van der Waals surface area contributed by atoms with Crippen molar-refractivity contribution in [2.45, 2.75) is 25.9 Å². The van der Waals surface area contributed by atoms with Gasteiger partial charge in [-0.1, -0.05) is 5.16 Å². The van der Waals surface area contributed by atoms with Crippen molar-refractivity contribution in [3.8, 4) is 11.4 Å². The number of rotatable bonds is 5. The third kappa shape index (κ3) is 4.80. The molecule has 114 valence electrons. The maximum absolute atomic E-state index is 11.8. The van der Waals surface area contributed by atoms with E-state index in [1.54, 1.807) is 32.4 Å². The molecular weight excluding hydrogens is 294 g/mol. The Labute approximate surface area is 128 Å². The van der Waals surface area contributed by atoms with Gasteiger partial charge in [-0.15, -0.1) is 12.4 Å². The molecule has 2 aromatic heterocycles. The van der Waals surface area contributed by atoms with E-state index in [4.69, 9.17) is 10.3 Å². The predicted octanol–water partition coefficient (Wildman–Crippen LogP) is 1.25. The summed E-state index contributed by atoms with van der Waals surface area (Å²) in [5, 5.41) is 3.87. The number of nitrogens with zero attached hydrogens (tertiary/aromatic N) is 4. The molecule has 0 aliphatic rings. The van der Waals surface area contributed by atoms with E-state index in [0.717, 1.165) is 5.56 Å². The third-order valence-corrected chi connectivity index (χ3v) is 2.68. The monoisotopic (exact) mass is 311 g/mol. The maximum atomic E-state index is 11.8.